The second kappa shape index (κ2) is 11.1. The van der Waals surface area contributed by atoms with Crippen molar-refractivity contribution in [2.24, 2.45) is 17.6 Å². The third kappa shape index (κ3) is 7.10. The molecule has 0 spiro atoms. The van der Waals surface area contributed by atoms with Gasteiger partial charge in [-0.3, -0.25) is 9.52 Å². The summed E-state index contributed by atoms with van der Waals surface area (Å²) in [5, 5.41) is 0.319. The van der Waals surface area contributed by atoms with Gasteiger partial charge in [0.1, 0.15) is 11.4 Å². The lowest BCUT2D eigenvalue weighted by molar-refractivity contribution is -0.117. The van der Waals surface area contributed by atoms with E-state index in [2.05, 4.69) is 10.8 Å². The topological polar surface area (TPSA) is 81.4 Å². The molecule has 2 unspecified atom stereocenters. The number of carbonyl (C=O) groups excluding carboxylic acids is 2. The minimum absolute atomic E-state index is 0.111. The van der Waals surface area contributed by atoms with Crippen molar-refractivity contribution in [2.75, 3.05) is 0 Å². The third-order valence-electron chi connectivity index (χ3n) is 6.11. The summed E-state index contributed by atoms with van der Waals surface area (Å²) in [6, 6.07) is 7.83. The number of primary amides is 1. The van der Waals surface area contributed by atoms with Crippen LogP contribution in [0.3, 0.4) is 0 Å². The van der Waals surface area contributed by atoms with Gasteiger partial charge in [-0.25, -0.2) is 4.79 Å². The predicted octanol–water partition coefficient (Wildman–Crippen LogP) is 5.25. The van der Waals surface area contributed by atoms with E-state index in [9.17, 15) is 9.59 Å². The van der Waals surface area contributed by atoms with E-state index in [0.29, 0.717) is 11.8 Å². The minimum Gasteiger partial charge on any atom is -0.445 e. The molecule has 3 N–H and O–H groups in total. The highest BCUT2D eigenvalue weighted by molar-refractivity contribution is 7.99. The summed E-state index contributed by atoms with van der Waals surface area (Å²) in [7, 11) is 0. The second-order valence-corrected chi connectivity index (χ2v) is 9.76. The van der Waals surface area contributed by atoms with Gasteiger partial charge < -0.3 is 10.5 Å². The largest absolute Gasteiger partial charge is 0.445 e. The van der Waals surface area contributed by atoms with Crippen LogP contribution in [0.2, 0.25) is 5.02 Å². The van der Waals surface area contributed by atoms with Crippen molar-refractivity contribution >= 4 is 35.5 Å². The molecule has 0 aromatic heterocycles. The fourth-order valence-electron chi connectivity index (χ4n) is 4.59. The van der Waals surface area contributed by atoms with E-state index in [0.717, 1.165) is 67.5 Å². The molecule has 5 nitrogen and oxygen atoms in total. The summed E-state index contributed by atoms with van der Waals surface area (Å²) in [5.41, 5.74) is 6.72. The Labute approximate surface area is 182 Å². The Morgan fingerprint density at radius 1 is 1.17 bits per heavy atom. The van der Waals surface area contributed by atoms with Crippen LogP contribution in [0.1, 0.15) is 63.4 Å². The molecule has 3 rings (SSSR count). The van der Waals surface area contributed by atoms with Gasteiger partial charge in [0.15, 0.2) is 0 Å². The Morgan fingerprint density at radius 2 is 1.97 bits per heavy atom. The highest BCUT2D eigenvalue weighted by Gasteiger charge is 2.31. The number of ether oxygens (including phenoxy) is 1. The SMILES string of the molecule is NC(=O)[C@H](CC1CCCCC1)SNC(=O)OC1CCCC1Cc1cccc(Cl)c1. The lowest BCUT2D eigenvalue weighted by Crippen LogP contribution is -2.34. The first-order valence-corrected chi connectivity index (χ1v) is 11.9. The van der Waals surface area contributed by atoms with Crippen LogP contribution in [0.4, 0.5) is 4.79 Å². The van der Waals surface area contributed by atoms with Gasteiger partial charge in [0.25, 0.3) is 0 Å². The van der Waals surface area contributed by atoms with Crippen LogP contribution in [-0.2, 0) is 16.0 Å². The Hall–Kier alpha value is -1.40. The number of benzene rings is 1. The first kappa shape index (κ1) is 22.3. The molecule has 2 amide bonds. The van der Waals surface area contributed by atoms with E-state index in [4.69, 9.17) is 22.1 Å². The third-order valence-corrected chi connectivity index (χ3v) is 7.34. The van der Waals surface area contributed by atoms with Gasteiger partial charge in [-0.15, -0.1) is 0 Å². The Balaban J connectivity index is 1.46. The van der Waals surface area contributed by atoms with Crippen LogP contribution in [0.15, 0.2) is 24.3 Å². The van der Waals surface area contributed by atoms with Crippen LogP contribution in [0.5, 0.6) is 0 Å². The summed E-state index contributed by atoms with van der Waals surface area (Å²) >= 11 is 7.19. The number of nitrogens with two attached hydrogens (primary N) is 1. The molecule has 1 aromatic carbocycles. The number of nitrogens with one attached hydrogen (secondary N) is 1. The molecule has 0 bridgehead atoms. The lowest BCUT2D eigenvalue weighted by atomic mass is 9.86. The van der Waals surface area contributed by atoms with E-state index in [1.54, 1.807) is 0 Å². The fourth-order valence-corrected chi connectivity index (χ4v) is 5.57. The number of hydrogen-bond acceptors (Lipinski definition) is 4. The molecule has 1 aromatic rings. The maximum atomic E-state index is 12.3. The summed E-state index contributed by atoms with van der Waals surface area (Å²) < 4.78 is 8.40. The van der Waals surface area contributed by atoms with Crippen molar-refractivity contribution in [2.45, 2.75) is 75.6 Å². The van der Waals surface area contributed by atoms with Gasteiger partial charge in [-0.1, -0.05) is 55.8 Å². The molecule has 3 atom stereocenters. The predicted molar refractivity (Wildman–Crippen MR) is 118 cm³/mol. The van der Waals surface area contributed by atoms with Crippen LogP contribution in [0.25, 0.3) is 0 Å². The van der Waals surface area contributed by atoms with Crippen molar-refractivity contribution in [1.29, 1.82) is 0 Å². The van der Waals surface area contributed by atoms with Gasteiger partial charge >= 0.3 is 6.09 Å². The molecule has 2 aliphatic carbocycles. The molecule has 160 valence electrons. The standard InChI is InChI=1S/C22H31ClN2O3S/c23-18-10-4-8-16(13-18)12-17-9-5-11-19(17)28-22(27)25-29-20(21(24)26)14-15-6-2-1-3-7-15/h4,8,10,13,15,17,19-20H,1-3,5-7,9,11-12,14H2,(H2,24,26)(H,25,27)/t17?,19?,20-/m0/s1. The van der Waals surface area contributed by atoms with E-state index < -0.39 is 11.3 Å². The van der Waals surface area contributed by atoms with Crippen LogP contribution < -0.4 is 10.5 Å². The summed E-state index contributed by atoms with van der Waals surface area (Å²) in [6.07, 6.45) is 9.90. The summed E-state index contributed by atoms with van der Waals surface area (Å²) in [5.74, 6) is 0.433. The van der Waals surface area contributed by atoms with E-state index in [1.165, 1.54) is 19.3 Å². The summed E-state index contributed by atoms with van der Waals surface area (Å²) in [4.78, 5) is 24.2. The minimum atomic E-state index is -0.479. The maximum absolute atomic E-state index is 12.3. The lowest BCUT2D eigenvalue weighted by Gasteiger charge is -2.25. The van der Waals surface area contributed by atoms with Crippen molar-refractivity contribution in [3.63, 3.8) is 0 Å². The number of hydrogen-bond donors (Lipinski definition) is 2. The number of amides is 2. The van der Waals surface area contributed by atoms with E-state index in [-0.39, 0.29) is 12.0 Å². The molecule has 7 heteroatoms. The zero-order chi connectivity index (χ0) is 20.6. The number of carbonyl (C=O) groups is 2. The Morgan fingerprint density at radius 3 is 2.69 bits per heavy atom. The van der Waals surface area contributed by atoms with Gasteiger partial charge in [0, 0.05) is 10.9 Å². The number of rotatable bonds is 8. The molecule has 0 heterocycles. The normalized spacial score (nSPS) is 23.5. The smallest absolute Gasteiger partial charge is 0.417 e. The monoisotopic (exact) mass is 438 g/mol. The van der Waals surface area contributed by atoms with Crippen LogP contribution in [0, 0.1) is 11.8 Å². The zero-order valence-electron chi connectivity index (χ0n) is 16.8. The molecule has 2 aliphatic rings. The van der Waals surface area contributed by atoms with Crippen LogP contribution in [-0.4, -0.2) is 23.4 Å². The molecular weight excluding hydrogens is 408 g/mol. The Bertz CT molecular complexity index is 696. The molecule has 0 saturated heterocycles. The Kier molecular flexibility index (Phi) is 8.54. The molecule has 0 aliphatic heterocycles. The van der Waals surface area contributed by atoms with Gasteiger partial charge in [0.2, 0.25) is 5.91 Å². The fraction of sp³-hybridized carbons (Fsp3) is 0.636. The second-order valence-electron chi connectivity index (χ2n) is 8.32. The zero-order valence-corrected chi connectivity index (χ0v) is 18.4. The molecular formula is C22H31ClN2O3S. The molecule has 0 radical (unpaired) electrons. The maximum Gasteiger partial charge on any atom is 0.417 e. The summed E-state index contributed by atoms with van der Waals surface area (Å²) in [6.45, 7) is 0. The molecule has 2 saturated carbocycles. The van der Waals surface area contributed by atoms with Gasteiger partial charge in [-0.05, 0) is 67.7 Å². The van der Waals surface area contributed by atoms with E-state index in [1.807, 2.05) is 18.2 Å². The quantitative estimate of drug-likeness (QED) is 0.543. The first-order valence-electron chi connectivity index (χ1n) is 10.7. The van der Waals surface area contributed by atoms with Crippen molar-refractivity contribution < 1.29 is 14.3 Å². The van der Waals surface area contributed by atoms with Crippen LogP contribution >= 0.6 is 23.5 Å². The molecule has 29 heavy (non-hydrogen) atoms. The molecule has 2 fully saturated rings. The average molecular weight is 439 g/mol. The highest BCUT2D eigenvalue weighted by atomic mass is 35.5. The van der Waals surface area contributed by atoms with Gasteiger partial charge in [0.05, 0.1) is 0 Å². The van der Waals surface area contributed by atoms with Crippen molar-refractivity contribution in [3.8, 4) is 0 Å². The van der Waals surface area contributed by atoms with Crippen molar-refractivity contribution in [3.05, 3.63) is 34.9 Å². The highest BCUT2D eigenvalue weighted by Crippen LogP contribution is 2.33. The average Bonchev–Trinajstić information content (AvgIpc) is 3.12. The van der Waals surface area contributed by atoms with E-state index >= 15 is 0 Å². The van der Waals surface area contributed by atoms with Crippen molar-refractivity contribution in [1.82, 2.24) is 4.72 Å². The first-order chi connectivity index (χ1) is 14.0. The number of halogens is 1. The van der Waals surface area contributed by atoms with Gasteiger partial charge in [-0.2, -0.15) is 0 Å².